The number of carbonyl (C=O) groups is 1. The van der Waals surface area contributed by atoms with E-state index >= 15 is 0 Å². The molecule has 3 aromatic rings. The third-order valence-corrected chi connectivity index (χ3v) is 4.18. The van der Waals surface area contributed by atoms with Gasteiger partial charge in [0.15, 0.2) is 12.1 Å². The molecule has 1 heterocycles. The number of nitriles is 1. The molecular formula is C21H15N3O3. The monoisotopic (exact) mass is 357 g/mol. The molecule has 0 saturated heterocycles. The standard InChI is InChI=1S/C21H15N3O3/c1-23-18(20(25)14-6-8-15(9-7-14)21(26)27)12-16-13-24(11-10-22)19-5-3-2-4-17(16)19/h2-9,12-13,21,26-27H,11H2/b18-12+. The molecule has 0 fully saturated rings. The maximum atomic E-state index is 12.7. The van der Waals surface area contributed by atoms with Gasteiger partial charge in [-0.3, -0.25) is 0 Å². The van der Waals surface area contributed by atoms with Crippen LogP contribution in [0.2, 0.25) is 0 Å². The van der Waals surface area contributed by atoms with E-state index in [1.807, 2.05) is 24.3 Å². The molecule has 0 amide bonds. The molecule has 132 valence electrons. The van der Waals surface area contributed by atoms with Crippen LogP contribution in [0.1, 0.15) is 27.8 Å². The number of ketones is 1. The number of hydrogen-bond acceptors (Lipinski definition) is 4. The molecular weight excluding hydrogens is 342 g/mol. The first-order valence-electron chi connectivity index (χ1n) is 8.10. The quantitative estimate of drug-likeness (QED) is 0.317. The van der Waals surface area contributed by atoms with Gasteiger partial charge in [-0.05, 0) is 17.7 Å². The second-order valence-corrected chi connectivity index (χ2v) is 5.85. The van der Waals surface area contributed by atoms with Crippen LogP contribution in [0.4, 0.5) is 0 Å². The largest absolute Gasteiger partial charge is 0.364 e. The van der Waals surface area contributed by atoms with Gasteiger partial charge < -0.3 is 19.6 Å². The smallest absolute Gasteiger partial charge is 0.234 e. The molecule has 2 N–H and O–H groups in total. The fourth-order valence-electron chi connectivity index (χ4n) is 2.85. The van der Waals surface area contributed by atoms with Crippen molar-refractivity contribution in [1.82, 2.24) is 4.57 Å². The molecule has 6 heteroatoms. The SMILES string of the molecule is [C-]#[N+]/C(=C/c1cn(CC#N)c2ccccc12)C(=O)c1ccc(C(O)O)cc1. The Kier molecular flexibility index (Phi) is 5.14. The average molecular weight is 357 g/mol. The van der Waals surface area contributed by atoms with E-state index in [1.54, 1.807) is 10.8 Å². The van der Waals surface area contributed by atoms with Gasteiger partial charge in [0.2, 0.25) is 5.70 Å². The van der Waals surface area contributed by atoms with E-state index in [0.29, 0.717) is 5.56 Å². The van der Waals surface area contributed by atoms with Crippen LogP contribution in [0.25, 0.3) is 21.8 Å². The topological polar surface area (TPSA) is 90.6 Å². The van der Waals surface area contributed by atoms with Gasteiger partial charge in [0.05, 0.1) is 12.6 Å². The highest BCUT2D eigenvalue weighted by atomic mass is 16.5. The minimum absolute atomic E-state index is 0.0628. The van der Waals surface area contributed by atoms with Gasteiger partial charge in [0, 0.05) is 28.2 Å². The van der Waals surface area contributed by atoms with Gasteiger partial charge in [-0.2, -0.15) is 5.26 Å². The number of Topliss-reactive ketones (excluding diaryl/α,β-unsaturated/α-hetero) is 1. The minimum Gasteiger partial charge on any atom is -0.364 e. The van der Waals surface area contributed by atoms with Gasteiger partial charge in [-0.15, -0.1) is 0 Å². The number of fused-ring (bicyclic) bond motifs is 1. The number of aliphatic hydroxyl groups excluding tert-OH is 1. The van der Waals surface area contributed by atoms with E-state index in [2.05, 4.69) is 10.9 Å². The van der Waals surface area contributed by atoms with Gasteiger partial charge >= 0.3 is 0 Å². The molecule has 3 rings (SSSR count). The first-order valence-corrected chi connectivity index (χ1v) is 8.10. The summed E-state index contributed by atoms with van der Waals surface area (Å²) in [6, 6.07) is 15.3. The maximum absolute atomic E-state index is 12.7. The van der Waals surface area contributed by atoms with Crippen molar-refractivity contribution in [3.05, 3.63) is 88.5 Å². The summed E-state index contributed by atoms with van der Waals surface area (Å²) in [6.45, 7) is 7.56. The average Bonchev–Trinajstić information content (AvgIpc) is 3.03. The first kappa shape index (κ1) is 18.1. The molecule has 1 aromatic heterocycles. The summed E-state index contributed by atoms with van der Waals surface area (Å²) in [4.78, 5) is 16.0. The van der Waals surface area contributed by atoms with Crippen LogP contribution in [0, 0.1) is 17.9 Å². The third-order valence-electron chi connectivity index (χ3n) is 4.18. The molecule has 0 saturated carbocycles. The van der Waals surface area contributed by atoms with Gasteiger partial charge in [-0.25, -0.2) is 4.85 Å². The Balaban J connectivity index is 2.02. The number of aliphatic hydroxyl groups is 2. The zero-order valence-corrected chi connectivity index (χ0v) is 14.2. The summed E-state index contributed by atoms with van der Waals surface area (Å²) in [5.74, 6) is -0.457. The third kappa shape index (κ3) is 3.63. The molecule has 0 atom stereocenters. The lowest BCUT2D eigenvalue weighted by molar-refractivity contribution is -0.0424. The Morgan fingerprint density at radius 2 is 1.93 bits per heavy atom. The Hall–Kier alpha value is -3.71. The van der Waals surface area contributed by atoms with Gasteiger partial charge in [-0.1, -0.05) is 42.5 Å². The van der Waals surface area contributed by atoms with Crippen LogP contribution >= 0.6 is 0 Å². The number of aromatic nitrogens is 1. The molecule has 0 unspecified atom stereocenters. The second-order valence-electron chi connectivity index (χ2n) is 5.85. The second kappa shape index (κ2) is 7.67. The minimum atomic E-state index is -1.61. The van der Waals surface area contributed by atoms with Crippen LogP contribution in [0.5, 0.6) is 0 Å². The van der Waals surface area contributed by atoms with Crippen molar-refractivity contribution < 1.29 is 15.0 Å². The van der Waals surface area contributed by atoms with E-state index in [9.17, 15) is 4.79 Å². The Morgan fingerprint density at radius 3 is 2.56 bits per heavy atom. The van der Waals surface area contributed by atoms with E-state index in [4.69, 9.17) is 22.0 Å². The molecule has 2 aromatic carbocycles. The number of benzene rings is 2. The zero-order chi connectivity index (χ0) is 19.4. The van der Waals surface area contributed by atoms with E-state index < -0.39 is 12.1 Å². The number of carbonyl (C=O) groups excluding carboxylic acids is 1. The van der Waals surface area contributed by atoms with Crippen molar-refractivity contribution in [2.45, 2.75) is 12.8 Å². The molecule has 0 radical (unpaired) electrons. The molecule has 27 heavy (non-hydrogen) atoms. The summed E-state index contributed by atoms with van der Waals surface area (Å²) in [6.07, 6.45) is 1.65. The van der Waals surface area contributed by atoms with Crippen LogP contribution in [0.3, 0.4) is 0 Å². The zero-order valence-electron chi connectivity index (χ0n) is 14.2. The summed E-state index contributed by atoms with van der Waals surface area (Å²) < 4.78 is 1.77. The Bertz CT molecular complexity index is 1110. The molecule has 6 nitrogen and oxygen atoms in total. The van der Waals surface area contributed by atoms with Gasteiger partial charge in [0.1, 0.15) is 6.54 Å². The predicted octanol–water partition coefficient (Wildman–Crippen LogP) is 3.29. The maximum Gasteiger partial charge on any atom is 0.234 e. The number of rotatable bonds is 5. The first-order chi connectivity index (χ1) is 13.0. The van der Waals surface area contributed by atoms with Crippen LogP contribution in [-0.2, 0) is 6.54 Å². The van der Waals surface area contributed by atoms with Crippen LogP contribution < -0.4 is 0 Å². The predicted molar refractivity (Wildman–Crippen MR) is 100 cm³/mol. The van der Waals surface area contributed by atoms with Crippen molar-refractivity contribution >= 4 is 22.8 Å². The van der Waals surface area contributed by atoms with Crippen molar-refractivity contribution in [3.8, 4) is 6.07 Å². The number of allylic oxidation sites excluding steroid dienone is 1. The molecule has 0 bridgehead atoms. The van der Waals surface area contributed by atoms with Crippen molar-refractivity contribution in [2.75, 3.05) is 0 Å². The highest BCUT2D eigenvalue weighted by Crippen LogP contribution is 2.25. The van der Waals surface area contributed by atoms with E-state index in [-0.39, 0.29) is 23.4 Å². The lowest BCUT2D eigenvalue weighted by Gasteiger charge is -2.05. The highest BCUT2D eigenvalue weighted by Gasteiger charge is 2.15. The summed E-state index contributed by atoms with van der Waals surface area (Å²) >= 11 is 0. The van der Waals surface area contributed by atoms with Crippen LogP contribution in [-0.4, -0.2) is 20.6 Å². The van der Waals surface area contributed by atoms with Crippen molar-refractivity contribution in [2.24, 2.45) is 0 Å². The van der Waals surface area contributed by atoms with Gasteiger partial charge in [0.25, 0.3) is 0 Å². The summed E-state index contributed by atoms with van der Waals surface area (Å²) in [7, 11) is 0. The molecule has 0 aliphatic rings. The lowest BCUT2D eigenvalue weighted by atomic mass is 10.0. The fraction of sp³-hybridized carbons (Fsp3) is 0.0952. The Morgan fingerprint density at radius 1 is 1.22 bits per heavy atom. The highest BCUT2D eigenvalue weighted by molar-refractivity contribution is 6.13. The number of hydrogen-bond donors (Lipinski definition) is 2. The molecule has 0 aliphatic carbocycles. The summed E-state index contributed by atoms with van der Waals surface area (Å²) in [5, 5.41) is 28.1. The fourth-order valence-corrected chi connectivity index (χ4v) is 2.85. The van der Waals surface area contributed by atoms with E-state index in [1.165, 1.54) is 30.3 Å². The number of nitrogens with zero attached hydrogens (tertiary/aromatic N) is 3. The molecule has 0 aliphatic heterocycles. The summed E-state index contributed by atoms with van der Waals surface area (Å²) in [5.41, 5.74) is 2.01. The Labute approximate surface area is 155 Å². The van der Waals surface area contributed by atoms with E-state index in [0.717, 1.165) is 10.9 Å². The normalized spacial score (nSPS) is 11.4. The van der Waals surface area contributed by atoms with Crippen molar-refractivity contribution in [3.63, 3.8) is 0 Å². The van der Waals surface area contributed by atoms with Crippen molar-refractivity contribution in [1.29, 1.82) is 5.26 Å². The lowest BCUT2D eigenvalue weighted by Crippen LogP contribution is -2.02. The number of para-hydroxylation sites is 1. The van der Waals surface area contributed by atoms with Crippen LogP contribution in [0.15, 0.2) is 60.4 Å². The molecule has 0 spiro atoms.